The minimum Gasteiger partial charge on any atom is -0.329 e. The highest BCUT2D eigenvalue weighted by Gasteiger charge is 2.37. The number of nitrogens with zero attached hydrogens (tertiary/aromatic N) is 2. The maximum atomic E-state index is 12.9. The summed E-state index contributed by atoms with van der Waals surface area (Å²) in [5.74, 6) is 0. The third kappa shape index (κ3) is 3.31. The van der Waals surface area contributed by atoms with Crippen LogP contribution in [0.5, 0.6) is 0 Å². The fraction of sp³-hybridized carbons (Fsp3) is 0.600. The Morgan fingerprint density at radius 2 is 1.86 bits per heavy atom. The third-order valence-electron chi connectivity index (χ3n) is 4.56. The zero-order valence-electron chi connectivity index (χ0n) is 12.6. The van der Waals surface area contributed by atoms with Gasteiger partial charge in [-0.2, -0.15) is 17.0 Å². The SMILES string of the molecule is Cl.NCC1CCCCN1S(=O)(=O)N1CCc2ccccc2C1. The van der Waals surface area contributed by atoms with Crippen LogP contribution in [-0.2, 0) is 23.2 Å². The maximum absolute atomic E-state index is 12.9. The number of benzene rings is 1. The molecule has 124 valence electrons. The van der Waals surface area contributed by atoms with E-state index in [1.807, 2.05) is 18.2 Å². The lowest BCUT2D eigenvalue weighted by atomic mass is 10.0. The molecule has 1 aromatic rings. The fourth-order valence-corrected chi connectivity index (χ4v) is 5.18. The lowest BCUT2D eigenvalue weighted by Gasteiger charge is -2.38. The average molecular weight is 346 g/mol. The molecule has 0 amide bonds. The van der Waals surface area contributed by atoms with Crippen LogP contribution >= 0.6 is 12.4 Å². The lowest BCUT2D eigenvalue weighted by molar-refractivity contribution is 0.232. The highest BCUT2D eigenvalue weighted by atomic mass is 35.5. The average Bonchev–Trinajstić information content (AvgIpc) is 2.54. The van der Waals surface area contributed by atoms with Gasteiger partial charge in [0.1, 0.15) is 0 Å². The number of hydrogen-bond donors (Lipinski definition) is 1. The van der Waals surface area contributed by atoms with Crippen molar-refractivity contribution in [3.05, 3.63) is 35.4 Å². The van der Waals surface area contributed by atoms with Crippen LogP contribution in [0.15, 0.2) is 24.3 Å². The van der Waals surface area contributed by atoms with E-state index in [1.165, 1.54) is 5.56 Å². The number of rotatable bonds is 3. The van der Waals surface area contributed by atoms with E-state index in [2.05, 4.69) is 6.07 Å². The summed E-state index contributed by atoms with van der Waals surface area (Å²) in [5.41, 5.74) is 8.15. The quantitative estimate of drug-likeness (QED) is 0.903. The molecule has 0 radical (unpaired) electrons. The first-order valence-corrected chi connectivity index (χ1v) is 9.06. The number of nitrogens with two attached hydrogens (primary N) is 1. The van der Waals surface area contributed by atoms with Crippen LogP contribution < -0.4 is 5.73 Å². The summed E-state index contributed by atoms with van der Waals surface area (Å²) in [4.78, 5) is 0. The molecule has 1 aromatic carbocycles. The van der Waals surface area contributed by atoms with Crippen molar-refractivity contribution in [2.45, 2.75) is 38.3 Å². The molecule has 0 aliphatic carbocycles. The van der Waals surface area contributed by atoms with Crippen molar-refractivity contribution in [2.24, 2.45) is 5.73 Å². The van der Waals surface area contributed by atoms with Crippen molar-refractivity contribution < 1.29 is 8.42 Å². The summed E-state index contributed by atoms with van der Waals surface area (Å²) in [6.45, 7) is 2.05. The molecule has 1 unspecified atom stereocenters. The molecule has 7 heteroatoms. The molecule has 0 bridgehead atoms. The Labute approximate surface area is 139 Å². The second-order valence-corrected chi connectivity index (χ2v) is 7.74. The van der Waals surface area contributed by atoms with Crippen molar-refractivity contribution in [3.8, 4) is 0 Å². The minimum atomic E-state index is -3.40. The molecule has 3 rings (SSSR count). The van der Waals surface area contributed by atoms with Crippen molar-refractivity contribution in [1.82, 2.24) is 8.61 Å². The molecule has 0 spiro atoms. The van der Waals surface area contributed by atoms with Gasteiger partial charge in [0.15, 0.2) is 0 Å². The molecule has 1 saturated heterocycles. The van der Waals surface area contributed by atoms with E-state index in [4.69, 9.17) is 5.73 Å². The standard InChI is InChI=1S/C15H23N3O2S.ClH/c16-11-15-7-3-4-9-18(15)21(19,20)17-10-8-13-5-1-2-6-14(13)12-17;/h1-2,5-6,15H,3-4,7-12,16H2;1H. The molecule has 0 saturated carbocycles. The van der Waals surface area contributed by atoms with E-state index >= 15 is 0 Å². The molecular weight excluding hydrogens is 322 g/mol. The molecular formula is C15H24ClN3O2S. The Kier molecular flexibility index (Phi) is 5.85. The topological polar surface area (TPSA) is 66.6 Å². The molecule has 1 fully saturated rings. The van der Waals surface area contributed by atoms with E-state index in [9.17, 15) is 8.42 Å². The zero-order chi connectivity index (χ0) is 14.9. The van der Waals surface area contributed by atoms with Gasteiger partial charge in [0.2, 0.25) is 0 Å². The first-order chi connectivity index (χ1) is 10.1. The molecule has 1 atom stereocenters. The van der Waals surface area contributed by atoms with Gasteiger partial charge in [-0.3, -0.25) is 0 Å². The van der Waals surface area contributed by atoms with Crippen molar-refractivity contribution in [1.29, 1.82) is 0 Å². The molecule has 2 aliphatic heterocycles. The smallest absolute Gasteiger partial charge is 0.282 e. The summed E-state index contributed by atoms with van der Waals surface area (Å²) in [7, 11) is -3.40. The summed E-state index contributed by atoms with van der Waals surface area (Å²) in [5, 5.41) is 0. The van der Waals surface area contributed by atoms with Gasteiger partial charge in [-0.25, -0.2) is 0 Å². The van der Waals surface area contributed by atoms with Gasteiger partial charge in [-0.05, 0) is 30.4 Å². The highest BCUT2D eigenvalue weighted by molar-refractivity contribution is 7.86. The Morgan fingerprint density at radius 1 is 1.14 bits per heavy atom. The van der Waals surface area contributed by atoms with Gasteiger partial charge in [0.25, 0.3) is 10.2 Å². The Balaban J connectivity index is 0.00000176. The van der Waals surface area contributed by atoms with E-state index in [0.29, 0.717) is 26.2 Å². The van der Waals surface area contributed by atoms with Crippen LogP contribution in [0.3, 0.4) is 0 Å². The molecule has 2 N–H and O–H groups in total. The Hall–Kier alpha value is -0.660. The molecule has 0 aromatic heterocycles. The van der Waals surface area contributed by atoms with Gasteiger partial charge in [-0.1, -0.05) is 30.7 Å². The molecule has 2 heterocycles. The van der Waals surface area contributed by atoms with Crippen LogP contribution in [0.2, 0.25) is 0 Å². The van der Waals surface area contributed by atoms with Crippen LogP contribution in [0.1, 0.15) is 30.4 Å². The predicted molar refractivity (Wildman–Crippen MR) is 90.1 cm³/mol. The number of piperidine rings is 1. The van der Waals surface area contributed by atoms with Crippen LogP contribution in [0.25, 0.3) is 0 Å². The van der Waals surface area contributed by atoms with Crippen molar-refractivity contribution in [3.63, 3.8) is 0 Å². The van der Waals surface area contributed by atoms with E-state index in [1.54, 1.807) is 8.61 Å². The van der Waals surface area contributed by atoms with Crippen LogP contribution in [-0.4, -0.2) is 42.7 Å². The summed E-state index contributed by atoms with van der Waals surface area (Å²) in [6, 6.07) is 8.05. The fourth-order valence-electron chi connectivity index (χ4n) is 3.33. The van der Waals surface area contributed by atoms with E-state index < -0.39 is 10.2 Å². The lowest BCUT2D eigenvalue weighted by Crippen LogP contribution is -2.53. The van der Waals surface area contributed by atoms with Crippen LogP contribution in [0, 0.1) is 0 Å². The highest BCUT2D eigenvalue weighted by Crippen LogP contribution is 2.26. The van der Waals surface area contributed by atoms with E-state index in [0.717, 1.165) is 31.2 Å². The van der Waals surface area contributed by atoms with Crippen LogP contribution in [0.4, 0.5) is 0 Å². The van der Waals surface area contributed by atoms with E-state index in [-0.39, 0.29) is 18.4 Å². The van der Waals surface area contributed by atoms with Crippen molar-refractivity contribution in [2.75, 3.05) is 19.6 Å². The monoisotopic (exact) mass is 345 g/mol. The van der Waals surface area contributed by atoms with Gasteiger partial charge in [0, 0.05) is 32.2 Å². The summed E-state index contributed by atoms with van der Waals surface area (Å²) in [6.07, 6.45) is 3.66. The first-order valence-electron chi connectivity index (χ1n) is 7.66. The molecule has 22 heavy (non-hydrogen) atoms. The first kappa shape index (κ1) is 17.7. The third-order valence-corrected chi connectivity index (χ3v) is 6.60. The number of halogens is 1. The maximum Gasteiger partial charge on any atom is 0.282 e. The predicted octanol–water partition coefficient (Wildman–Crippen LogP) is 1.52. The molecule has 2 aliphatic rings. The summed E-state index contributed by atoms with van der Waals surface area (Å²) < 4.78 is 29.1. The van der Waals surface area contributed by atoms with Gasteiger partial charge >= 0.3 is 0 Å². The van der Waals surface area contributed by atoms with Gasteiger partial charge < -0.3 is 5.73 Å². The summed E-state index contributed by atoms with van der Waals surface area (Å²) >= 11 is 0. The van der Waals surface area contributed by atoms with Crippen molar-refractivity contribution >= 4 is 22.6 Å². The number of hydrogen-bond acceptors (Lipinski definition) is 3. The molecule has 5 nitrogen and oxygen atoms in total. The zero-order valence-corrected chi connectivity index (χ0v) is 14.3. The second kappa shape index (κ2) is 7.27. The number of fused-ring (bicyclic) bond motifs is 1. The second-order valence-electron chi connectivity index (χ2n) is 5.86. The van der Waals surface area contributed by atoms with Gasteiger partial charge in [0.05, 0.1) is 0 Å². The Morgan fingerprint density at radius 3 is 2.59 bits per heavy atom. The Bertz CT molecular complexity index is 609. The normalized spacial score (nSPS) is 23.6. The largest absolute Gasteiger partial charge is 0.329 e. The van der Waals surface area contributed by atoms with Gasteiger partial charge in [-0.15, -0.1) is 12.4 Å². The minimum absolute atomic E-state index is 0.